The third-order valence-electron chi connectivity index (χ3n) is 5.16. The lowest BCUT2D eigenvalue weighted by Crippen LogP contribution is -2.29. The molecule has 0 atom stereocenters. The number of carbonyl (C=O) groups excluding carboxylic acids is 2. The summed E-state index contributed by atoms with van der Waals surface area (Å²) in [6.45, 7) is 2.75. The predicted molar refractivity (Wildman–Crippen MR) is 109 cm³/mol. The SMILES string of the molecule is Cc1cc(C(=O)COC(=O)CCNS(=O)(=O)c2ccccc2C(F)(F)F)c(C)n1C1CC1. The van der Waals surface area contributed by atoms with Crippen molar-refractivity contribution in [3.05, 3.63) is 52.8 Å². The molecular weight excluding hydrogens is 449 g/mol. The number of aromatic nitrogens is 1. The van der Waals surface area contributed by atoms with Crippen molar-refractivity contribution < 1.29 is 35.9 Å². The van der Waals surface area contributed by atoms with Crippen LogP contribution in [0.15, 0.2) is 35.2 Å². The summed E-state index contributed by atoms with van der Waals surface area (Å²) < 4.78 is 72.6. The van der Waals surface area contributed by atoms with E-state index >= 15 is 0 Å². The fourth-order valence-electron chi connectivity index (χ4n) is 3.55. The van der Waals surface area contributed by atoms with Gasteiger partial charge in [-0.3, -0.25) is 9.59 Å². The number of halogens is 3. The van der Waals surface area contributed by atoms with Crippen LogP contribution in [0.3, 0.4) is 0 Å². The quantitative estimate of drug-likeness (QED) is 0.445. The number of rotatable bonds is 9. The number of aryl methyl sites for hydroxylation is 1. The summed E-state index contributed by atoms with van der Waals surface area (Å²) in [6, 6.07) is 5.89. The van der Waals surface area contributed by atoms with E-state index in [2.05, 4.69) is 4.57 Å². The third kappa shape index (κ3) is 5.39. The molecule has 1 aliphatic rings. The Balaban J connectivity index is 1.53. The van der Waals surface area contributed by atoms with Crippen molar-refractivity contribution in [1.29, 1.82) is 0 Å². The Hall–Kier alpha value is -2.66. The number of hydrogen-bond donors (Lipinski definition) is 1. The molecule has 7 nitrogen and oxygen atoms in total. The van der Waals surface area contributed by atoms with Gasteiger partial charge in [0.25, 0.3) is 0 Å². The van der Waals surface area contributed by atoms with Crippen LogP contribution in [0, 0.1) is 13.8 Å². The predicted octanol–water partition coefficient (Wildman–Crippen LogP) is 3.55. The van der Waals surface area contributed by atoms with Crippen LogP contribution in [-0.4, -0.2) is 37.9 Å². The number of benzene rings is 1. The first-order valence-corrected chi connectivity index (χ1v) is 11.4. The van der Waals surface area contributed by atoms with Crippen LogP contribution in [-0.2, 0) is 25.7 Å². The van der Waals surface area contributed by atoms with Gasteiger partial charge in [0.05, 0.1) is 16.9 Å². The minimum atomic E-state index is -4.85. The minimum absolute atomic E-state index is 0.377. The Morgan fingerprint density at radius 2 is 1.84 bits per heavy atom. The van der Waals surface area contributed by atoms with E-state index in [4.69, 9.17) is 4.74 Å². The topological polar surface area (TPSA) is 94.5 Å². The van der Waals surface area contributed by atoms with Crippen LogP contribution < -0.4 is 4.72 Å². The smallest absolute Gasteiger partial charge is 0.417 e. The van der Waals surface area contributed by atoms with E-state index in [-0.39, 0.29) is 5.78 Å². The lowest BCUT2D eigenvalue weighted by molar-refractivity contribution is -0.142. The molecule has 2 aromatic rings. The zero-order valence-electron chi connectivity index (χ0n) is 17.5. The van der Waals surface area contributed by atoms with E-state index in [0.29, 0.717) is 17.7 Å². The molecule has 0 bridgehead atoms. The fourth-order valence-corrected chi connectivity index (χ4v) is 4.81. The molecule has 1 heterocycles. The molecule has 1 fully saturated rings. The van der Waals surface area contributed by atoms with Crippen LogP contribution in [0.4, 0.5) is 13.2 Å². The number of nitrogens with one attached hydrogen (secondary N) is 1. The first kappa shape index (κ1) is 24.0. The molecule has 1 saturated carbocycles. The summed E-state index contributed by atoms with van der Waals surface area (Å²) in [5.74, 6) is -1.22. The zero-order valence-corrected chi connectivity index (χ0v) is 18.3. The molecule has 0 radical (unpaired) electrons. The van der Waals surface area contributed by atoms with Gasteiger partial charge in [0, 0.05) is 29.5 Å². The van der Waals surface area contributed by atoms with Gasteiger partial charge in [-0.15, -0.1) is 0 Å². The number of carbonyl (C=O) groups is 2. The van der Waals surface area contributed by atoms with Gasteiger partial charge < -0.3 is 9.30 Å². The molecule has 1 N–H and O–H groups in total. The van der Waals surface area contributed by atoms with Gasteiger partial charge in [0.2, 0.25) is 15.8 Å². The molecule has 1 aromatic carbocycles. The van der Waals surface area contributed by atoms with Crippen LogP contribution in [0.2, 0.25) is 0 Å². The number of hydrogen-bond acceptors (Lipinski definition) is 5. The van der Waals surface area contributed by atoms with E-state index < -0.39 is 52.2 Å². The van der Waals surface area contributed by atoms with Crippen molar-refractivity contribution >= 4 is 21.8 Å². The number of sulfonamides is 1. The maximum absolute atomic E-state index is 13.0. The maximum atomic E-state index is 13.0. The molecule has 32 heavy (non-hydrogen) atoms. The second-order valence-corrected chi connectivity index (χ2v) is 9.35. The molecule has 0 unspecified atom stereocenters. The van der Waals surface area contributed by atoms with Crippen LogP contribution in [0.5, 0.6) is 0 Å². The van der Waals surface area contributed by atoms with E-state index in [1.54, 1.807) is 6.07 Å². The largest absolute Gasteiger partial charge is 0.457 e. The van der Waals surface area contributed by atoms with Crippen LogP contribution in [0.1, 0.15) is 52.6 Å². The molecule has 1 aromatic heterocycles. The van der Waals surface area contributed by atoms with Gasteiger partial charge in [-0.05, 0) is 44.9 Å². The zero-order chi connectivity index (χ0) is 23.7. The van der Waals surface area contributed by atoms with Gasteiger partial charge in [-0.1, -0.05) is 12.1 Å². The highest BCUT2D eigenvalue weighted by Gasteiger charge is 2.36. The third-order valence-corrected chi connectivity index (χ3v) is 6.68. The fraction of sp³-hybridized carbons (Fsp3) is 0.429. The number of esters is 1. The Morgan fingerprint density at radius 3 is 2.47 bits per heavy atom. The van der Waals surface area contributed by atoms with Crippen molar-refractivity contribution in [2.24, 2.45) is 0 Å². The average Bonchev–Trinajstić information content (AvgIpc) is 3.50. The molecule has 3 rings (SSSR count). The van der Waals surface area contributed by atoms with Crippen LogP contribution >= 0.6 is 0 Å². The summed E-state index contributed by atoms with van der Waals surface area (Å²) in [7, 11) is -4.50. The molecule has 0 aliphatic heterocycles. The van der Waals surface area contributed by atoms with Crippen molar-refractivity contribution in [3.63, 3.8) is 0 Å². The summed E-state index contributed by atoms with van der Waals surface area (Å²) in [4.78, 5) is 23.4. The van der Waals surface area contributed by atoms with E-state index in [9.17, 15) is 31.2 Å². The van der Waals surface area contributed by atoms with Gasteiger partial charge in [-0.2, -0.15) is 13.2 Å². The number of alkyl halides is 3. The number of ether oxygens (including phenoxy) is 1. The standard InChI is InChI=1S/C21H23F3N2O5S/c1-13-11-16(14(2)26(13)15-7-8-15)18(27)12-31-20(28)9-10-25-32(29,30)19-6-4-3-5-17(19)21(22,23)24/h3-6,11,15,25H,7-10,12H2,1-2H3. The monoisotopic (exact) mass is 472 g/mol. The number of Topliss-reactive ketones (excluding diaryl/α,β-unsaturated/α-hetero) is 1. The first-order valence-electron chi connectivity index (χ1n) is 9.95. The molecule has 174 valence electrons. The average molecular weight is 472 g/mol. The minimum Gasteiger partial charge on any atom is -0.457 e. The summed E-state index contributed by atoms with van der Waals surface area (Å²) in [5, 5.41) is 0. The van der Waals surface area contributed by atoms with E-state index in [1.165, 1.54) is 6.07 Å². The Morgan fingerprint density at radius 1 is 1.19 bits per heavy atom. The highest BCUT2D eigenvalue weighted by molar-refractivity contribution is 7.89. The Bertz CT molecular complexity index is 1130. The molecule has 1 aliphatic carbocycles. The lowest BCUT2D eigenvalue weighted by atomic mass is 10.1. The highest BCUT2D eigenvalue weighted by atomic mass is 32.2. The van der Waals surface area contributed by atoms with Crippen molar-refractivity contribution in [1.82, 2.24) is 9.29 Å². The lowest BCUT2D eigenvalue weighted by Gasteiger charge is -2.13. The summed E-state index contributed by atoms with van der Waals surface area (Å²) in [6.07, 6.45) is -3.17. The second kappa shape index (κ2) is 9.07. The van der Waals surface area contributed by atoms with Gasteiger partial charge in [0.1, 0.15) is 0 Å². The van der Waals surface area contributed by atoms with Gasteiger partial charge in [-0.25, -0.2) is 13.1 Å². The number of ketones is 1. The maximum Gasteiger partial charge on any atom is 0.417 e. The molecule has 11 heteroatoms. The normalized spacial score (nSPS) is 14.4. The molecular formula is C21H23F3N2O5S. The van der Waals surface area contributed by atoms with Crippen molar-refractivity contribution in [2.75, 3.05) is 13.2 Å². The van der Waals surface area contributed by atoms with E-state index in [0.717, 1.165) is 36.4 Å². The first-order chi connectivity index (χ1) is 14.9. The van der Waals surface area contributed by atoms with Crippen molar-refractivity contribution in [3.8, 4) is 0 Å². The molecule has 0 spiro atoms. The summed E-state index contributed by atoms with van der Waals surface area (Å²) in [5.41, 5.74) is 0.923. The van der Waals surface area contributed by atoms with Gasteiger partial charge in [0.15, 0.2) is 6.61 Å². The molecule has 0 saturated heterocycles. The Labute approximate surface area is 183 Å². The van der Waals surface area contributed by atoms with Crippen molar-refractivity contribution in [2.45, 2.75) is 50.2 Å². The second-order valence-electron chi connectivity index (χ2n) is 7.61. The number of nitrogens with zero attached hydrogens (tertiary/aromatic N) is 1. The highest BCUT2D eigenvalue weighted by Crippen LogP contribution is 2.38. The van der Waals surface area contributed by atoms with Gasteiger partial charge >= 0.3 is 12.1 Å². The van der Waals surface area contributed by atoms with E-state index in [1.807, 2.05) is 18.6 Å². The Kier molecular flexibility index (Phi) is 6.80. The molecule has 0 amide bonds. The summed E-state index contributed by atoms with van der Waals surface area (Å²) >= 11 is 0. The van der Waals surface area contributed by atoms with Crippen LogP contribution in [0.25, 0.3) is 0 Å².